The first kappa shape index (κ1) is 24.1. The molecule has 3 rings (SSSR count). The zero-order valence-corrected chi connectivity index (χ0v) is 20.0. The maximum atomic E-state index is 12.7. The number of benzene rings is 2. The fraction of sp³-hybridized carbons (Fsp3) is 0.400. The SMILES string of the molecule is CCC(C)C(NC(=O)Nc1ccc(C(C)C)cc1)c1nc(-c2ccc(OC)c(OC)c2)no1. The van der Waals surface area contributed by atoms with E-state index in [4.69, 9.17) is 14.0 Å². The van der Waals surface area contributed by atoms with Crippen molar-refractivity contribution in [2.75, 3.05) is 19.5 Å². The van der Waals surface area contributed by atoms with Crippen molar-refractivity contribution in [2.24, 2.45) is 5.92 Å². The van der Waals surface area contributed by atoms with Crippen molar-refractivity contribution in [2.45, 2.75) is 46.1 Å². The lowest BCUT2D eigenvalue weighted by molar-refractivity contribution is 0.232. The van der Waals surface area contributed by atoms with Gasteiger partial charge in [0.05, 0.1) is 14.2 Å². The molecule has 0 aliphatic heterocycles. The van der Waals surface area contributed by atoms with Gasteiger partial charge in [0.15, 0.2) is 11.5 Å². The van der Waals surface area contributed by atoms with E-state index in [-0.39, 0.29) is 11.9 Å². The van der Waals surface area contributed by atoms with E-state index in [1.54, 1.807) is 26.4 Å². The van der Waals surface area contributed by atoms with E-state index in [1.165, 1.54) is 5.56 Å². The third-order valence-corrected chi connectivity index (χ3v) is 5.68. The molecule has 0 bridgehead atoms. The predicted molar refractivity (Wildman–Crippen MR) is 128 cm³/mol. The van der Waals surface area contributed by atoms with E-state index >= 15 is 0 Å². The number of hydrogen-bond acceptors (Lipinski definition) is 6. The summed E-state index contributed by atoms with van der Waals surface area (Å²) < 4.78 is 16.2. The van der Waals surface area contributed by atoms with Gasteiger partial charge in [-0.1, -0.05) is 51.4 Å². The molecule has 0 spiro atoms. The molecule has 2 unspecified atom stereocenters. The summed E-state index contributed by atoms with van der Waals surface area (Å²) in [4.78, 5) is 17.3. The molecule has 0 saturated carbocycles. The van der Waals surface area contributed by atoms with Crippen molar-refractivity contribution in [1.82, 2.24) is 15.5 Å². The molecule has 0 radical (unpaired) electrons. The highest BCUT2D eigenvalue weighted by Gasteiger charge is 2.27. The van der Waals surface area contributed by atoms with Gasteiger partial charge in [-0.25, -0.2) is 4.79 Å². The molecule has 2 aromatic carbocycles. The van der Waals surface area contributed by atoms with Gasteiger partial charge < -0.3 is 24.6 Å². The topological polar surface area (TPSA) is 98.5 Å². The molecular weight excluding hydrogens is 420 g/mol. The third kappa shape index (κ3) is 5.83. The normalized spacial score (nSPS) is 12.8. The van der Waals surface area contributed by atoms with Crippen molar-refractivity contribution >= 4 is 11.7 Å². The number of amides is 2. The van der Waals surface area contributed by atoms with Gasteiger partial charge in [0.2, 0.25) is 11.7 Å². The molecule has 8 nitrogen and oxygen atoms in total. The first-order valence-electron chi connectivity index (χ1n) is 11.1. The highest BCUT2D eigenvalue weighted by Crippen LogP contribution is 2.32. The summed E-state index contributed by atoms with van der Waals surface area (Å²) in [5, 5.41) is 9.99. The second-order valence-electron chi connectivity index (χ2n) is 8.26. The van der Waals surface area contributed by atoms with Crippen LogP contribution in [0, 0.1) is 5.92 Å². The molecule has 0 saturated heterocycles. The quantitative estimate of drug-likeness (QED) is 0.427. The summed E-state index contributed by atoms with van der Waals surface area (Å²) in [7, 11) is 3.15. The van der Waals surface area contributed by atoms with Crippen LogP contribution in [0.15, 0.2) is 47.0 Å². The Morgan fingerprint density at radius 2 is 1.73 bits per heavy atom. The van der Waals surface area contributed by atoms with Crippen LogP contribution in [0.5, 0.6) is 11.5 Å². The van der Waals surface area contributed by atoms with Crippen LogP contribution >= 0.6 is 0 Å². The number of anilines is 1. The number of rotatable bonds is 9. The van der Waals surface area contributed by atoms with Crippen molar-refractivity contribution < 1.29 is 18.8 Å². The Morgan fingerprint density at radius 3 is 2.33 bits per heavy atom. The lowest BCUT2D eigenvalue weighted by atomic mass is 9.99. The van der Waals surface area contributed by atoms with E-state index in [1.807, 2.05) is 44.2 Å². The van der Waals surface area contributed by atoms with Crippen LogP contribution in [0.1, 0.15) is 57.5 Å². The highest BCUT2D eigenvalue weighted by molar-refractivity contribution is 5.89. The van der Waals surface area contributed by atoms with Gasteiger partial charge in [0.1, 0.15) is 6.04 Å². The predicted octanol–water partition coefficient (Wildman–Crippen LogP) is 5.79. The number of nitrogens with one attached hydrogen (secondary N) is 2. The van der Waals surface area contributed by atoms with Gasteiger partial charge in [-0.2, -0.15) is 4.98 Å². The Morgan fingerprint density at radius 1 is 1.03 bits per heavy atom. The maximum Gasteiger partial charge on any atom is 0.319 e. The van der Waals surface area contributed by atoms with E-state index in [2.05, 4.69) is 34.6 Å². The van der Waals surface area contributed by atoms with Crippen LogP contribution in [0.4, 0.5) is 10.5 Å². The molecule has 33 heavy (non-hydrogen) atoms. The van der Waals surface area contributed by atoms with Crippen LogP contribution in [0.2, 0.25) is 0 Å². The minimum absolute atomic E-state index is 0.0813. The minimum atomic E-state index is -0.439. The molecule has 1 aromatic heterocycles. The zero-order valence-electron chi connectivity index (χ0n) is 20.0. The Labute approximate surface area is 194 Å². The minimum Gasteiger partial charge on any atom is -0.493 e. The molecule has 8 heteroatoms. The summed E-state index contributed by atoms with van der Waals surface area (Å²) in [5.41, 5.74) is 2.66. The van der Waals surface area contributed by atoms with Crippen LogP contribution in [-0.4, -0.2) is 30.4 Å². The van der Waals surface area contributed by atoms with Crippen LogP contribution in [0.3, 0.4) is 0 Å². The molecule has 2 atom stereocenters. The van der Waals surface area contributed by atoms with Crippen LogP contribution in [0.25, 0.3) is 11.4 Å². The smallest absolute Gasteiger partial charge is 0.319 e. The summed E-state index contributed by atoms with van der Waals surface area (Å²) in [6.07, 6.45) is 0.822. The summed E-state index contributed by atoms with van der Waals surface area (Å²) in [6, 6.07) is 12.5. The molecule has 3 aromatic rings. The fourth-order valence-corrected chi connectivity index (χ4v) is 3.40. The number of carbonyl (C=O) groups excluding carboxylic acids is 1. The van der Waals surface area contributed by atoms with E-state index in [9.17, 15) is 4.79 Å². The number of urea groups is 1. The van der Waals surface area contributed by atoms with E-state index in [0.29, 0.717) is 29.1 Å². The number of hydrogen-bond donors (Lipinski definition) is 2. The first-order valence-corrected chi connectivity index (χ1v) is 11.1. The average molecular weight is 453 g/mol. The number of methoxy groups -OCH3 is 2. The van der Waals surface area contributed by atoms with E-state index < -0.39 is 6.04 Å². The molecule has 0 aliphatic rings. The number of ether oxygens (including phenoxy) is 2. The van der Waals surface area contributed by atoms with Crippen LogP contribution < -0.4 is 20.1 Å². The van der Waals surface area contributed by atoms with Gasteiger partial charge in [0, 0.05) is 11.3 Å². The molecule has 0 aliphatic carbocycles. The second kappa shape index (κ2) is 10.8. The molecular formula is C25H32N4O4. The van der Waals surface area contributed by atoms with Gasteiger partial charge in [0.25, 0.3) is 0 Å². The molecule has 2 amide bonds. The second-order valence-corrected chi connectivity index (χ2v) is 8.26. The summed E-state index contributed by atoms with van der Waals surface area (Å²) >= 11 is 0. The monoisotopic (exact) mass is 452 g/mol. The van der Waals surface area contributed by atoms with Crippen LogP contribution in [-0.2, 0) is 0 Å². The third-order valence-electron chi connectivity index (χ3n) is 5.68. The molecule has 1 heterocycles. The van der Waals surface area contributed by atoms with Gasteiger partial charge in [-0.05, 0) is 47.7 Å². The Kier molecular flexibility index (Phi) is 7.92. The standard InChI is InChI=1S/C25H32N4O4/c1-7-16(4)22(27-25(30)26-19-11-8-17(9-12-19)15(2)3)24-28-23(29-33-24)18-10-13-20(31-5)21(14-18)32-6/h8-16,22H,7H2,1-6H3,(H2,26,27,30). The molecule has 176 valence electrons. The van der Waals surface area contributed by atoms with Crippen molar-refractivity contribution in [3.8, 4) is 22.9 Å². The molecule has 2 N–H and O–H groups in total. The average Bonchev–Trinajstić information content (AvgIpc) is 3.31. The van der Waals surface area contributed by atoms with Crippen molar-refractivity contribution in [3.63, 3.8) is 0 Å². The lowest BCUT2D eigenvalue weighted by Gasteiger charge is -2.21. The highest BCUT2D eigenvalue weighted by atomic mass is 16.5. The van der Waals surface area contributed by atoms with Gasteiger partial charge >= 0.3 is 6.03 Å². The fourth-order valence-electron chi connectivity index (χ4n) is 3.40. The maximum absolute atomic E-state index is 12.7. The van der Waals surface area contributed by atoms with Crippen molar-refractivity contribution in [1.29, 1.82) is 0 Å². The Balaban J connectivity index is 1.77. The summed E-state index contributed by atoms with van der Waals surface area (Å²) in [6.45, 7) is 8.34. The number of nitrogens with zero attached hydrogens (tertiary/aromatic N) is 2. The Bertz CT molecular complexity index is 1060. The van der Waals surface area contributed by atoms with Gasteiger partial charge in [-0.15, -0.1) is 0 Å². The Hall–Kier alpha value is -3.55. The zero-order chi connectivity index (χ0) is 24.0. The van der Waals surface area contributed by atoms with Crippen molar-refractivity contribution in [3.05, 3.63) is 53.9 Å². The number of aromatic nitrogens is 2. The summed E-state index contributed by atoms with van der Waals surface area (Å²) in [5.74, 6) is 2.45. The van der Waals surface area contributed by atoms with E-state index in [0.717, 1.165) is 17.7 Å². The first-order chi connectivity index (χ1) is 15.9. The lowest BCUT2D eigenvalue weighted by Crippen LogP contribution is -2.36. The number of carbonyl (C=O) groups is 1. The largest absolute Gasteiger partial charge is 0.493 e. The molecule has 0 fully saturated rings. The van der Waals surface area contributed by atoms with Gasteiger partial charge in [-0.3, -0.25) is 0 Å².